The summed E-state index contributed by atoms with van der Waals surface area (Å²) in [4.78, 5) is 3.94. The first kappa shape index (κ1) is 8.21. The summed E-state index contributed by atoms with van der Waals surface area (Å²) in [6, 6.07) is 1.97. The maximum Gasteiger partial charge on any atom is 0.0699 e. The summed E-state index contributed by atoms with van der Waals surface area (Å²) in [5.41, 5.74) is 2.17. The number of rotatable bonds is 3. The van der Waals surface area contributed by atoms with Crippen LogP contribution in [-0.2, 0) is 13.0 Å². The fraction of sp³-hybridized carbons (Fsp3) is 0.444. The van der Waals surface area contributed by atoms with Gasteiger partial charge in [-0.1, -0.05) is 13.3 Å². The maximum atomic E-state index is 8.91. The molecule has 0 aromatic carbocycles. The minimum Gasteiger partial charge on any atom is -0.392 e. The summed E-state index contributed by atoms with van der Waals surface area (Å²) in [6.45, 7) is 2.23. The molecule has 1 N–H and O–H groups in total. The molecule has 0 unspecified atom stereocenters. The molecule has 1 aromatic rings. The molecular weight excluding hydrogens is 138 g/mol. The molecule has 0 amide bonds. The Labute approximate surface area is 66.9 Å². The van der Waals surface area contributed by atoms with Crippen LogP contribution in [0.1, 0.15) is 24.5 Å². The third-order valence-electron chi connectivity index (χ3n) is 1.69. The molecule has 0 fully saturated rings. The van der Waals surface area contributed by atoms with E-state index in [4.69, 9.17) is 5.11 Å². The predicted octanol–water partition coefficient (Wildman–Crippen LogP) is 1.53. The van der Waals surface area contributed by atoms with Crippen LogP contribution in [0.4, 0.5) is 0 Å². The second kappa shape index (κ2) is 4.09. The molecule has 11 heavy (non-hydrogen) atoms. The van der Waals surface area contributed by atoms with E-state index in [0.29, 0.717) is 0 Å². The van der Waals surface area contributed by atoms with E-state index in [1.165, 1.54) is 5.56 Å². The van der Waals surface area contributed by atoms with Crippen LogP contribution in [0.15, 0.2) is 18.5 Å². The highest BCUT2D eigenvalue weighted by Gasteiger charge is 1.97. The van der Waals surface area contributed by atoms with Crippen molar-refractivity contribution in [2.45, 2.75) is 26.4 Å². The Hall–Kier alpha value is -0.890. The number of hydrogen-bond donors (Lipinski definition) is 1. The molecule has 1 heterocycles. The van der Waals surface area contributed by atoms with E-state index in [0.717, 1.165) is 18.4 Å². The van der Waals surface area contributed by atoms with Gasteiger partial charge in [-0.15, -0.1) is 0 Å². The molecule has 0 aliphatic carbocycles. The first-order chi connectivity index (χ1) is 5.38. The number of nitrogens with zero attached hydrogens (tertiary/aromatic N) is 1. The fourth-order valence-corrected chi connectivity index (χ4v) is 1.11. The maximum absolute atomic E-state index is 8.91. The highest BCUT2D eigenvalue weighted by molar-refractivity contribution is 5.22. The van der Waals surface area contributed by atoms with Crippen LogP contribution in [0.25, 0.3) is 0 Å². The van der Waals surface area contributed by atoms with Gasteiger partial charge in [0.05, 0.1) is 6.61 Å². The molecule has 1 aromatic heterocycles. The molecule has 0 aliphatic rings. The third kappa shape index (κ3) is 2.02. The van der Waals surface area contributed by atoms with Gasteiger partial charge in [0.2, 0.25) is 0 Å². The molecule has 2 heteroatoms. The molecule has 0 bridgehead atoms. The minimum atomic E-state index is 0.100. The lowest BCUT2D eigenvalue weighted by molar-refractivity contribution is 0.280. The van der Waals surface area contributed by atoms with E-state index >= 15 is 0 Å². The largest absolute Gasteiger partial charge is 0.392 e. The van der Waals surface area contributed by atoms with Gasteiger partial charge in [-0.05, 0) is 23.6 Å². The number of aliphatic hydroxyl groups is 1. The van der Waals surface area contributed by atoms with Crippen LogP contribution in [0, 0.1) is 0 Å². The Morgan fingerprint density at radius 1 is 1.45 bits per heavy atom. The summed E-state index contributed by atoms with van der Waals surface area (Å²) in [7, 11) is 0. The van der Waals surface area contributed by atoms with Crippen molar-refractivity contribution in [3.05, 3.63) is 29.6 Å². The standard InChI is InChI=1S/C9H13NO/c1-2-3-8-4-5-10-6-9(8)7-11/h4-6,11H,2-3,7H2,1H3. The van der Waals surface area contributed by atoms with E-state index < -0.39 is 0 Å². The van der Waals surface area contributed by atoms with Gasteiger partial charge in [-0.3, -0.25) is 4.98 Å². The molecular formula is C9H13NO. The van der Waals surface area contributed by atoms with Crippen molar-refractivity contribution < 1.29 is 5.11 Å². The molecule has 0 spiro atoms. The lowest BCUT2D eigenvalue weighted by Crippen LogP contribution is -1.93. The zero-order valence-corrected chi connectivity index (χ0v) is 6.75. The highest BCUT2D eigenvalue weighted by atomic mass is 16.3. The lowest BCUT2D eigenvalue weighted by atomic mass is 10.1. The zero-order chi connectivity index (χ0) is 8.10. The summed E-state index contributed by atoms with van der Waals surface area (Å²) in [5, 5.41) is 8.91. The average Bonchev–Trinajstić information content (AvgIpc) is 2.06. The van der Waals surface area contributed by atoms with Gasteiger partial charge in [0, 0.05) is 12.4 Å². The Bertz CT molecular complexity index is 223. The first-order valence-electron chi connectivity index (χ1n) is 3.91. The Morgan fingerprint density at radius 2 is 2.27 bits per heavy atom. The Balaban J connectivity index is 2.83. The molecule has 0 aliphatic heterocycles. The number of pyridine rings is 1. The normalized spacial score (nSPS) is 10.0. The SMILES string of the molecule is CCCc1ccncc1CO. The van der Waals surface area contributed by atoms with E-state index in [-0.39, 0.29) is 6.61 Å². The minimum absolute atomic E-state index is 0.100. The van der Waals surface area contributed by atoms with Crippen molar-refractivity contribution in [1.82, 2.24) is 4.98 Å². The van der Waals surface area contributed by atoms with Crippen LogP contribution < -0.4 is 0 Å². The molecule has 0 radical (unpaired) electrons. The third-order valence-corrected chi connectivity index (χ3v) is 1.69. The Morgan fingerprint density at radius 3 is 2.91 bits per heavy atom. The van der Waals surface area contributed by atoms with Crippen LogP contribution in [0.2, 0.25) is 0 Å². The summed E-state index contributed by atoms with van der Waals surface area (Å²) < 4.78 is 0. The van der Waals surface area contributed by atoms with Crippen LogP contribution in [0.5, 0.6) is 0 Å². The molecule has 2 nitrogen and oxygen atoms in total. The number of hydrogen-bond acceptors (Lipinski definition) is 2. The fourth-order valence-electron chi connectivity index (χ4n) is 1.11. The van der Waals surface area contributed by atoms with Crippen LogP contribution >= 0.6 is 0 Å². The summed E-state index contributed by atoms with van der Waals surface area (Å²) in [6.07, 6.45) is 5.63. The van der Waals surface area contributed by atoms with Crippen LogP contribution in [-0.4, -0.2) is 10.1 Å². The summed E-state index contributed by atoms with van der Waals surface area (Å²) in [5.74, 6) is 0. The molecule has 0 atom stereocenters. The van der Waals surface area contributed by atoms with Gasteiger partial charge in [0.15, 0.2) is 0 Å². The molecule has 0 saturated carbocycles. The molecule has 60 valence electrons. The quantitative estimate of drug-likeness (QED) is 0.710. The van der Waals surface area contributed by atoms with Crippen molar-refractivity contribution in [1.29, 1.82) is 0 Å². The van der Waals surface area contributed by atoms with Gasteiger partial charge in [0.1, 0.15) is 0 Å². The van der Waals surface area contributed by atoms with Crippen molar-refractivity contribution in [3.8, 4) is 0 Å². The van der Waals surface area contributed by atoms with E-state index in [1.807, 2.05) is 6.07 Å². The van der Waals surface area contributed by atoms with Crippen molar-refractivity contribution >= 4 is 0 Å². The zero-order valence-electron chi connectivity index (χ0n) is 6.75. The van der Waals surface area contributed by atoms with Crippen LogP contribution in [0.3, 0.4) is 0 Å². The number of aryl methyl sites for hydroxylation is 1. The second-order valence-electron chi connectivity index (χ2n) is 2.55. The van der Waals surface area contributed by atoms with Crippen molar-refractivity contribution in [2.24, 2.45) is 0 Å². The van der Waals surface area contributed by atoms with Gasteiger partial charge in [-0.2, -0.15) is 0 Å². The van der Waals surface area contributed by atoms with Crippen molar-refractivity contribution in [3.63, 3.8) is 0 Å². The summed E-state index contributed by atoms with van der Waals surface area (Å²) >= 11 is 0. The van der Waals surface area contributed by atoms with Gasteiger partial charge < -0.3 is 5.11 Å². The van der Waals surface area contributed by atoms with Crippen molar-refractivity contribution in [2.75, 3.05) is 0 Å². The number of aromatic nitrogens is 1. The van der Waals surface area contributed by atoms with Gasteiger partial charge in [0.25, 0.3) is 0 Å². The van der Waals surface area contributed by atoms with E-state index in [9.17, 15) is 0 Å². The highest BCUT2D eigenvalue weighted by Crippen LogP contribution is 2.08. The topological polar surface area (TPSA) is 33.1 Å². The monoisotopic (exact) mass is 151 g/mol. The lowest BCUT2D eigenvalue weighted by Gasteiger charge is -2.03. The Kier molecular flexibility index (Phi) is 3.05. The molecule has 1 rings (SSSR count). The first-order valence-corrected chi connectivity index (χ1v) is 3.91. The second-order valence-corrected chi connectivity index (χ2v) is 2.55. The average molecular weight is 151 g/mol. The van der Waals surface area contributed by atoms with E-state index in [2.05, 4.69) is 11.9 Å². The van der Waals surface area contributed by atoms with E-state index in [1.54, 1.807) is 12.4 Å². The van der Waals surface area contributed by atoms with Gasteiger partial charge in [-0.25, -0.2) is 0 Å². The van der Waals surface area contributed by atoms with Gasteiger partial charge >= 0.3 is 0 Å². The smallest absolute Gasteiger partial charge is 0.0699 e. The molecule has 0 saturated heterocycles. The number of aliphatic hydroxyl groups excluding tert-OH is 1. The predicted molar refractivity (Wildman–Crippen MR) is 44.2 cm³/mol.